The quantitative estimate of drug-likeness (QED) is 0.520. The van der Waals surface area contributed by atoms with Crippen LogP contribution < -0.4 is 0 Å². The number of carbonyl (C=O) groups excluding carboxylic acids is 1. The lowest BCUT2D eigenvalue weighted by atomic mass is 10.1. The first-order valence-corrected chi connectivity index (χ1v) is 5.96. The molecule has 1 atom stereocenters. The number of hydrogen-bond acceptors (Lipinski definition) is 3. The lowest BCUT2D eigenvalue weighted by molar-refractivity contribution is -0.243. The van der Waals surface area contributed by atoms with Gasteiger partial charge in [0.1, 0.15) is 6.07 Å². The van der Waals surface area contributed by atoms with Crippen LogP contribution in [0.25, 0.3) is 0 Å². The molecular weight excluding hydrogens is 247 g/mol. The zero-order valence-corrected chi connectivity index (χ0v) is 10.6. The molecule has 0 aromatic heterocycles. The number of hydrogen-bond donors (Lipinski definition) is 0. The van der Waals surface area contributed by atoms with Gasteiger partial charge >= 0.3 is 12.1 Å². The Morgan fingerprint density at radius 3 is 2.22 bits per heavy atom. The van der Waals surface area contributed by atoms with Crippen molar-refractivity contribution in [2.45, 2.75) is 64.1 Å². The molecule has 3 nitrogen and oxygen atoms in total. The first-order valence-electron chi connectivity index (χ1n) is 5.96. The molecule has 0 spiro atoms. The van der Waals surface area contributed by atoms with Gasteiger partial charge in [0.05, 0.1) is 0 Å². The highest BCUT2D eigenvalue weighted by molar-refractivity contribution is 5.70. The minimum absolute atomic E-state index is 0.0862. The maximum Gasteiger partial charge on any atom is 0.442 e. The van der Waals surface area contributed by atoms with Crippen LogP contribution in [0, 0.1) is 11.3 Å². The Hall–Kier alpha value is -1.25. The van der Waals surface area contributed by atoms with Gasteiger partial charge in [-0.05, 0) is 13.3 Å². The summed E-state index contributed by atoms with van der Waals surface area (Å²) in [5, 5.41) is 8.46. The molecule has 0 bridgehead atoms. The Morgan fingerprint density at radius 1 is 1.22 bits per heavy atom. The second-order valence-corrected chi connectivity index (χ2v) is 4.28. The Morgan fingerprint density at radius 2 is 1.78 bits per heavy atom. The van der Waals surface area contributed by atoms with Crippen LogP contribution in [0.4, 0.5) is 13.2 Å². The molecule has 0 amide bonds. The summed E-state index contributed by atoms with van der Waals surface area (Å²) in [6.45, 7) is 2.60. The molecule has 0 aromatic rings. The summed E-state index contributed by atoms with van der Waals surface area (Å²) < 4.78 is 41.6. The first-order chi connectivity index (χ1) is 8.27. The van der Waals surface area contributed by atoms with Crippen molar-refractivity contribution in [1.29, 1.82) is 5.26 Å². The van der Waals surface area contributed by atoms with Gasteiger partial charge in [-0.15, -0.1) is 0 Å². The molecular formula is C12H18F3NO2. The van der Waals surface area contributed by atoms with Crippen LogP contribution in [0.3, 0.4) is 0 Å². The first kappa shape index (κ1) is 16.8. The number of halogens is 3. The van der Waals surface area contributed by atoms with Crippen molar-refractivity contribution in [1.82, 2.24) is 0 Å². The van der Waals surface area contributed by atoms with Gasteiger partial charge < -0.3 is 4.74 Å². The predicted octanol–water partition coefficient (Wildman–Crippen LogP) is 3.73. The van der Waals surface area contributed by atoms with Gasteiger partial charge in [-0.25, -0.2) is 0 Å². The summed E-state index contributed by atoms with van der Waals surface area (Å²) >= 11 is 0. The molecule has 0 aliphatic rings. The Balaban J connectivity index is 4.11. The van der Waals surface area contributed by atoms with Crippen molar-refractivity contribution < 1.29 is 22.7 Å². The molecule has 6 heteroatoms. The SMILES string of the molecule is CCCCCCCC(=O)O[C@](C)(C#N)C(F)(F)F. The molecule has 0 fully saturated rings. The number of esters is 1. The van der Waals surface area contributed by atoms with Crippen molar-refractivity contribution in [3.63, 3.8) is 0 Å². The average Bonchev–Trinajstić information content (AvgIpc) is 2.27. The van der Waals surface area contributed by atoms with Crippen LogP contribution in [0.15, 0.2) is 0 Å². The third kappa shape index (κ3) is 5.39. The highest BCUT2D eigenvalue weighted by atomic mass is 19.4. The van der Waals surface area contributed by atoms with Crippen molar-refractivity contribution in [3.05, 3.63) is 0 Å². The topological polar surface area (TPSA) is 50.1 Å². The summed E-state index contributed by atoms with van der Waals surface area (Å²) in [5.41, 5.74) is -3.05. The third-order valence-electron chi connectivity index (χ3n) is 2.56. The summed E-state index contributed by atoms with van der Waals surface area (Å²) in [4.78, 5) is 11.2. The van der Waals surface area contributed by atoms with Crippen molar-refractivity contribution in [2.24, 2.45) is 0 Å². The number of nitriles is 1. The third-order valence-corrected chi connectivity index (χ3v) is 2.56. The van der Waals surface area contributed by atoms with Crippen LogP contribution in [0.5, 0.6) is 0 Å². The molecule has 0 rings (SSSR count). The number of nitrogens with zero attached hydrogens (tertiary/aromatic N) is 1. The maximum atomic E-state index is 12.5. The zero-order valence-electron chi connectivity index (χ0n) is 10.6. The van der Waals surface area contributed by atoms with E-state index in [9.17, 15) is 18.0 Å². The Bertz CT molecular complexity index is 309. The lowest BCUT2D eigenvalue weighted by Gasteiger charge is -2.24. The molecule has 0 heterocycles. The normalized spacial score (nSPS) is 14.7. The van der Waals surface area contributed by atoms with Gasteiger partial charge in [0.25, 0.3) is 5.60 Å². The van der Waals surface area contributed by atoms with Crippen molar-refractivity contribution in [3.8, 4) is 6.07 Å². The van der Waals surface area contributed by atoms with E-state index < -0.39 is 17.7 Å². The maximum absolute atomic E-state index is 12.5. The van der Waals surface area contributed by atoms with E-state index in [-0.39, 0.29) is 6.42 Å². The molecule has 0 saturated heterocycles. The lowest BCUT2D eigenvalue weighted by Crippen LogP contribution is -2.45. The number of rotatable bonds is 7. The highest BCUT2D eigenvalue weighted by Gasteiger charge is 2.55. The molecule has 0 unspecified atom stereocenters. The molecule has 0 aliphatic carbocycles. The molecule has 0 radical (unpaired) electrons. The van der Waals surface area contributed by atoms with Gasteiger partial charge in [0, 0.05) is 6.42 Å². The van der Waals surface area contributed by atoms with Gasteiger partial charge in [0.2, 0.25) is 0 Å². The van der Waals surface area contributed by atoms with E-state index in [1.165, 1.54) is 0 Å². The van der Waals surface area contributed by atoms with Gasteiger partial charge in [0.15, 0.2) is 0 Å². The molecule has 0 saturated carbocycles. The van der Waals surface area contributed by atoms with Gasteiger partial charge in [-0.3, -0.25) is 4.79 Å². The van der Waals surface area contributed by atoms with E-state index in [1.807, 2.05) is 6.92 Å². The van der Waals surface area contributed by atoms with Crippen LogP contribution >= 0.6 is 0 Å². The second kappa shape index (κ2) is 7.24. The summed E-state index contributed by atoms with van der Waals surface area (Å²) in [5.74, 6) is -0.979. The Labute approximate surface area is 105 Å². The van der Waals surface area contributed by atoms with E-state index in [0.717, 1.165) is 31.8 Å². The molecule has 0 N–H and O–H groups in total. The number of unbranched alkanes of at least 4 members (excludes halogenated alkanes) is 4. The molecule has 0 aromatic carbocycles. The average molecular weight is 265 g/mol. The van der Waals surface area contributed by atoms with Crippen LogP contribution in [0.1, 0.15) is 52.4 Å². The van der Waals surface area contributed by atoms with Crippen LogP contribution in [-0.4, -0.2) is 17.7 Å². The molecule has 18 heavy (non-hydrogen) atoms. The second-order valence-electron chi connectivity index (χ2n) is 4.28. The fourth-order valence-corrected chi connectivity index (χ4v) is 1.30. The summed E-state index contributed by atoms with van der Waals surface area (Å²) in [6, 6.07) is 0.992. The van der Waals surface area contributed by atoms with E-state index in [1.54, 1.807) is 0 Å². The highest BCUT2D eigenvalue weighted by Crippen LogP contribution is 2.33. The smallest absolute Gasteiger partial charge is 0.434 e. The molecule has 104 valence electrons. The number of ether oxygens (including phenoxy) is 1. The monoisotopic (exact) mass is 265 g/mol. The zero-order chi connectivity index (χ0) is 14.2. The number of alkyl halides is 3. The minimum atomic E-state index is -4.88. The summed E-state index contributed by atoms with van der Waals surface area (Å²) in [6.07, 6.45) is -0.676. The fraction of sp³-hybridized carbons (Fsp3) is 0.833. The summed E-state index contributed by atoms with van der Waals surface area (Å²) in [7, 11) is 0. The van der Waals surface area contributed by atoms with Gasteiger partial charge in [-0.1, -0.05) is 32.6 Å². The Kier molecular flexibility index (Phi) is 6.74. The largest absolute Gasteiger partial charge is 0.442 e. The predicted molar refractivity (Wildman–Crippen MR) is 59.5 cm³/mol. The van der Waals surface area contributed by atoms with Crippen LogP contribution in [0.2, 0.25) is 0 Å². The van der Waals surface area contributed by atoms with E-state index in [2.05, 4.69) is 4.74 Å². The van der Waals surface area contributed by atoms with Crippen LogP contribution in [-0.2, 0) is 9.53 Å². The minimum Gasteiger partial charge on any atom is -0.434 e. The van der Waals surface area contributed by atoms with E-state index >= 15 is 0 Å². The fourth-order valence-electron chi connectivity index (χ4n) is 1.30. The van der Waals surface area contributed by atoms with Crippen molar-refractivity contribution in [2.75, 3.05) is 0 Å². The van der Waals surface area contributed by atoms with E-state index in [0.29, 0.717) is 13.3 Å². The van der Waals surface area contributed by atoms with Crippen molar-refractivity contribution >= 4 is 5.97 Å². The standard InChI is InChI=1S/C12H18F3NO2/c1-3-4-5-6-7-8-10(17)18-11(2,9-16)12(13,14)15/h3-8H2,1-2H3/t11-/m1/s1. The van der Waals surface area contributed by atoms with Gasteiger partial charge in [-0.2, -0.15) is 18.4 Å². The number of carbonyl (C=O) groups is 1. The van der Waals surface area contributed by atoms with E-state index in [4.69, 9.17) is 5.26 Å². The molecule has 0 aliphatic heterocycles.